The van der Waals surface area contributed by atoms with Gasteiger partial charge in [0.25, 0.3) is 0 Å². The Kier molecular flexibility index (Phi) is 8.30. The molecule has 0 heterocycles. The van der Waals surface area contributed by atoms with E-state index in [2.05, 4.69) is 15.9 Å². The van der Waals surface area contributed by atoms with Crippen LogP contribution in [-0.2, 0) is 4.79 Å². The van der Waals surface area contributed by atoms with Gasteiger partial charge in [-0.25, -0.2) is 0 Å². The molecule has 0 saturated carbocycles. The minimum Gasteiger partial charge on any atom is -0.492 e. The van der Waals surface area contributed by atoms with Gasteiger partial charge >= 0.3 is 0 Å². The molecule has 0 atom stereocenters. The molecule has 0 aromatic heterocycles. The van der Waals surface area contributed by atoms with E-state index < -0.39 is 0 Å². The van der Waals surface area contributed by atoms with Crippen LogP contribution in [0.2, 0.25) is 0 Å². The van der Waals surface area contributed by atoms with Gasteiger partial charge in [-0.15, -0.1) is 0 Å². The van der Waals surface area contributed by atoms with Crippen LogP contribution in [0.15, 0.2) is 28.7 Å². The van der Waals surface area contributed by atoms with Crippen molar-refractivity contribution in [2.75, 3.05) is 26.7 Å². The van der Waals surface area contributed by atoms with E-state index in [4.69, 9.17) is 10.5 Å². The molecule has 1 aromatic rings. The summed E-state index contributed by atoms with van der Waals surface area (Å²) < 4.78 is 6.62. The molecule has 4 nitrogen and oxygen atoms in total. The third-order valence-corrected chi connectivity index (χ3v) is 3.56. The number of amides is 1. The smallest absolute Gasteiger partial charge is 0.222 e. The minimum atomic E-state index is 0.168. The number of halogens is 1. The fourth-order valence-electron chi connectivity index (χ4n) is 1.74. The molecule has 0 bridgehead atoms. The summed E-state index contributed by atoms with van der Waals surface area (Å²) in [5.74, 6) is 0.985. The molecule has 0 spiro atoms. The third-order valence-electron chi connectivity index (χ3n) is 3.03. The maximum atomic E-state index is 11.8. The van der Waals surface area contributed by atoms with Crippen molar-refractivity contribution in [1.82, 2.24) is 4.90 Å². The third kappa shape index (κ3) is 6.91. The van der Waals surface area contributed by atoms with E-state index in [-0.39, 0.29) is 5.91 Å². The molecule has 0 aliphatic rings. The van der Waals surface area contributed by atoms with E-state index >= 15 is 0 Å². The lowest BCUT2D eigenvalue weighted by Crippen LogP contribution is -2.30. The highest BCUT2D eigenvalue weighted by Crippen LogP contribution is 2.15. The quantitative estimate of drug-likeness (QED) is 0.702. The zero-order valence-electron chi connectivity index (χ0n) is 12.0. The number of ether oxygens (including phenoxy) is 1. The van der Waals surface area contributed by atoms with Crippen molar-refractivity contribution in [3.8, 4) is 5.75 Å². The Morgan fingerprint density at radius 2 is 1.95 bits per heavy atom. The van der Waals surface area contributed by atoms with Crippen LogP contribution in [0, 0.1) is 0 Å². The van der Waals surface area contributed by atoms with Crippen molar-refractivity contribution < 1.29 is 9.53 Å². The number of benzene rings is 1. The Bertz CT molecular complexity index is 395. The lowest BCUT2D eigenvalue weighted by Gasteiger charge is -2.17. The van der Waals surface area contributed by atoms with Gasteiger partial charge in [0.1, 0.15) is 12.4 Å². The van der Waals surface area contributed by atoms with Crippen LogP contribution in [0.1, 0.15) is 25.7 Å². The van der Waals surface area contributed by atoms with Crippen LogP contribution in [0.5, 0.6) is 5.75 Å². The Morgan fingerprint density at radius 1 is 1.25 bits per heavy atom. The summed E-state index contributed by atoms with van der Waals surface area (Å²) in [6.45, 7) is 1.81. The molecule has 0 fully saturated rings. The molecule has 0 aliphatic heterocycles. The highest BCUT2D eigenvalue weighted by molar-refractivity contribution is 9.10. The molecule has 1 amide bonds. The SMILES string of the molecule is CN(CCOc1ccc(Br)cc1)C(=O)CCCCCN. The number of rotatable bonds is 9. The van der Waals surface area contributed by atoms with E-state index in [1.165, 1.54) is 0 Å². The fourth-order valence-corrected chi connectivity index (χ4v) is 2.01. The van der Waals surface area contributed by atoms with Gasteiger partial charge in [0.15, 0.2) is 0 Å². The molecule has 1 aromatic carbocycles. The first-order valence-electron chi connectivity index (χ1n) is 6.96. The first-order valence-corrected chi connectivity index (χ1v) is 7.75. The van der Waals surface area contributed by atoms with Crippen LogP contribution >= 0.6 is 15.9 Å². The molecule has 112 valence electrons. The molecular weight excluding hydrogens is 320 g/mol. The normalized spacial score (nSPS) is 10.3. The molecule has 5 heteroatoms. The average Bonchev–Trinajstić information content (AvgIpc) is 2.45. The number of nitrogens with zero attached hydrogens (tertiary/aromatic N) is 1. The Hall–Kier alpha value is -1.07. The number of hydrogen-bond acceptors (Lipinski definition) is 3. The van der Waals surface area contributed by atoms with Crippen molar-refractivity contribution >= 4 is 21.8 Å². The van der Waals surface area contributed by atoms with Gasteiger partial charge in [-0.3, -0.25) is 4.79 Å². The number of likely N-dealkylation sites (N-methyl/N-ethyl adjacent to an activating group) is 1. The summed E-state index contributed by atoms with van der Waals surface area (Å²) >= 11 is 3.37. The van der Waals surface area contributed by atoms with E-state index in [1.807, 2.05) is 31.3 Å². The Labute approximate surface area is 129 Å². The van der Waals surface area contributed by atoms with Crippen molar-refractivity contribution in [2.45, 2.75) is 25.7 Å². The van der Waals surface area contributed by atoms with Gasteiger partial charge in [-0.2, -0.15) is 0 Å². The lowest BCUT2D eigenvalue weighted by molar-refractivity contribution is -0.130. The van der Waals surface area contributed by atoms with Gasteiger partial charge in [0.2, 0.25) is 5.91 Å². The molecule has 2 N–H and O–H groups in total. The van der Waals surface area contributed by atoms with Crippen LogP contribution in [0.4, 0.5) is 0 Å². The number of carbonyl (C=O) groups excluding carboxylic acids is 1. The molecule has 0 saturated heterocycles. The molecule has 1 rings (SSSR count). The fraction of sp³-hybridized carbons (Fsp3) is 0.533. The van der Waals surface area contributed by atoms with Crippen LogP contribution in [-0.4, -0.2) is 37.6 Å². The second-order valence-electron chi connectivity index (χ2n) is 4.72. The first-order chi connectivity index (χ1) is 9.63. The zero-order chi connectivity index (χ0) is 14.8. The maximum absolute atomic E-state index is 11.8. The van der Waals surface area contributed by atoms with E-state index in [0.717, 1.165) is 29.5 Å². The summed E-state index contributed by atoms with van der Waals surface area (Å²) in [6, 6.07) is 7.67. The van der Waals surface area contributed by atoms with E-state index in [9.17, 15) is 4.79 Å². The van der Waals surface area contributed by atoms with Crippen LogP contribution < -0.4 is 10.5 Å². The highest BCUT2D eigenvalue weighted by atomic mass is 79.9. The van der Waals surface area contributed by atoms with Crippen LogP contribution in [0.3, 0.4) is 0 Å². The second kappa shape index (κ2) is 9.77. The van der Waals surface area contributed by atoms with Gasteiger partial charge in [-0.1, -0.05) is 22.4 Å². The van der Waals surface area contributed by atoms with Crippen LogP contribution in [0.25, 0.3) is 0 Å². The molecule has 0 unspecified atom stereocenters. The predicted molar refractivity (Wildman–Crippen MR) is 84.8 cm³/mol. The summed E-state index contributed by atoms with van der Waals surface area (Å²) in [4.78, 5) is 13.5. The monoisotopic (exact) mass is 342 g/mol. The zero-order valence-corrected chi connectivity index (χ0v) is 13.6. The maximum Gasteiger partial charge on any atom is 0.222 e. The summed E-state index contributed by atoms with van der Waals surface area (Å²) in [7, 11) is 1.82. The highest BCUT2D eigenvalue weighted by Gasteiger charge is 2.08. The number of hydrogen-bond donors (Lipinski definition) is 1. The molecule has 0 radical (unpaired) electrons. The summed E-state index contributed by atoms with van der Waals surface area (Å²) in [5, 5.41) is 0. The topological polar surface area (TPSA) is 55.6 Å². The minimum absolute atomic E-state index is 0.168. The molecule has 20 heavy (non-hydrogen) atoms. The second-order valence-corrected chi connectivity index (χ2v) is 5.63. The average molecular weight is 343 g/mol. The Morgan fingerprint density at radius 3 is 2.60 bits per heavy atom. The largest absolute Gasteiger partial charge is 0.492 e. The number of unbranched alkanes of at least 4 members (excludes halogenated alkanes) is 2. The first kappa shape index (κ1) is 17.0. The van der Waals surface area contributed by atoms with Gasteiger partial charge in [0, 0.05) is 17.9 Å². The van der Waals surface area contributed by atoms with Crippen molar-refractivity contribution in [1.29, 1.82) is 0 Å². The van der Waals surface area contributed by atoms with Crippen molar-refractivity contribution in [2.24, 2.45) is 5.73 Å². The van der Waals surface area contributed by atoms with Crippen molar-refractivity contribution in [3.05, 3.63) is 28.7 Å². The Balaban J connectivity index is 2.17. The van der Waals surface area contributed by atoms with Gasteiger partial charge in [-0.05, 0) is 43.7 Å². The van der Waals surface area contributed by atoms with E-state index in [0.29, 0.717) is 26.1 Å². The molecule has 0 aliphatic carbocycles. The van der Waals surface area contributed by atoms with E-state index in [1.54, 1.807) is 4.90 Å². The predicted octanol–water partition coefficient (Wildman–Crippen LogP) is 2.81. The number of nitrogens with two attached hydrogens (primary N) is 1. The van der Waals surface area contributed by atoms with Gasteiger partial charge < -0.3 is 15.4 Å². The summed E-state index contributed by atoms with van der Waals surface area (Å²) in [5.41, 5.74) is 5.42. The van der Waals surface area contributed by atoms with Gasteiger partial charge in [0.05, 0.1) is 6.54 Å². The standard InChI is InChI=1S/C15H23BrN2O2/c1-18(15(19)5-3-2-4-10-17)11-12-20-14-8-6-13(16)7-9-14/h6-9H,2-5,10-12,17H2,1H3. The number of carbonyl (C=O) groups is 1. The lowest BCUT2D eigenvalue weighted by atomic mass is 10.2. The summed E-state index contributed by atoms with van der Waals surface area (Å²) in [6.07, 6.45) is 3.51. The molecular formula is C15H23BrN2O2. The van der Waals surface area contributed by atoms with Crippen molar-refractivity contribution in [3.63, 3.8) is 0 Å².